The van der Waals surface area contributed by atoms with E-state index in [9.17, 15) is 14.4 Å². The molecule has 3 amide bonds. The number of carbonyl (C=O) groups excluding carboxylic acids is 3. The average Bonchev–Trinajstić information content (AvgIpc) is 2.77. The lowest BCUT2D eigenvalue weighted by Gasteiger charge is -2.19. The minimum Gasteiger partial charge on any atom is -0.481 e. The predicted octanol–water partition coefficient (Wildman–Crippen LogP) is 4.75. The average molecular weight is 484 g/mol. The SMILES string of the molecule is CC(Oc1ccccc1C(C)C)C(=O)NCc1ccc(NC(=O)CCNC(=O)OC(C)(C)C)cc1. The Kier molecular flexibility index (Phi) is 10.1. The molecule has 1 unspecified atom stereocenters. The lowest BCUT2D eigenvalue weighted by molar-refractivity contribution is -0.127. The molecule has 2 aromatic rings. The molecular weight excluding hydrogens is 446 g/mol. The number of carbonyl (C=O) groups is 3. The number of benzene rings is 2. The first-order chi connectivity index (χ1) is 16.4. The first kappa shape index (κ1) is 27.7. The van der Waals surface area contributed by atoms with E-state index >= 15 is 0 Å². The van der Waals surface area contributed by atoms with Crippen LogP contribution in [-0.2, 0) is 20.9 Å². The first-order valence-corrected chi connectivity index (χ1v) is 11.8. The van der Waals surface area contributed by atoms with Gasteiger partial charge in [-0.1, -0.05) is 44.2 Å². The highest BCUT2D eigenvalue weighted by Crippen LogP contribution is 2.26. The van der Waals surface area contributed by atoms with E-state index < -0.39 is 17.8 Å². The van der Waals surface area contributed by atoms with Crippen molar-refractivity contribution in [2.75, 3.05) is 11.9 Å². The minimum absolute atomic E-state index is 0.120. The molecule has 2 rings (SSSR count). The van der Waals surface area contributed by atoms with Crippen LogP contribution in [0.5, 0.6) is 5.75 Å². The Morgan fingerprint density at radius 1 is 0.914 bits per heavy atom. The van der Waals surface area contributed by atoms with Crippen molar-refractivity contribution in [3.05, 3.63) is 59.7 Å². The zero-order valence-electron chi connectivity index (χ0n) is 21.4. The number of hydrogen-bond acceptors (Lipinski definition) is 5. The first-order valence-electron chi connectivity index (χ1n) is 11.8. The molecular formula is C27H37N3O5. The molecule has 35 heavy (non-hydrogen) atoms. The Balaban J connectivity index is 1.76. The highest BCUT2D eigenvalue weighted by Gasteiger charge is 2.17. The van der Waals surface area contributed by atoms with Crippen LogP contribution in [0.2, 0.25) is 0 Å². The third kappa shape index (κ3) is 10.1. The molecule has 8 heteroatoms. The molecule has 0 aliphatic heterocycles. The Labute approximate surface area is 207 Å². The quantitative estimate of drug-likeness (QED) is 0.452. The van der Waals surface area contributed by atoms with Gasteiger partial charge in [0.2, 0.25) is 5.91 Å². The van der Waals surface area contributed by atoms with Crippen molar-refractivity contribution in [1.29, 1.82) is 0 Å². The Bertz CT molecular complexity index is 997. The highest BCUT2D eigenvalue weighted by molar-refractivity contribution is 5.91. The van der Waals surface area contributed by atoms with Crippen molar-refractivity contribution in [2.45, 2.75) is 72.1 Å². The third-order valence-electron chi connectivity index (χ3n) is 4.94. The van der Waals surface area contributed by atoms with E-state index in [0.29, 0.717) is 23.9 Å². The molecule has 0 spiro atoms. The van der Waals surface area contributed by atoms with Crippen LogP contribution in [0.3, 0.4) is 0 Å². The summed E-state index contributed by atoms with van der Waals surface area (Å²) in [6.45, 7) is 11.7. The molecule has 0 radical (unpaired) electrons. The molecule has 0 saturated carbocycles. The molecule has 0 aliphatic rings. The van der Waals surface area contributed by atoms with Crippen molar-refractivity contribution >= 4 is 23.6 Å². The Hall–Kier alpha value is -3.55. The van der Waals surface area contributed by atoms with Crippen LogP contribution < -0.4 is 20.7 Å². The lowest BCUT2D eigenvalue weighted by Crippen LogP contribution is -2.36. The van der Waals surface area contributed by atoms with Crippen LogP contribution in [0.15, 0.2) is 48.5 Å². The maximum absolute atomic E-state index is 12.5. The zero-order valence-corrected chi connectivity index (χ0v) is 21.4. The van der Waals surface area contributed by atoms with E-state index in [-0.39, 0.29) is 24.8 Å². The maximum Gasteiger partial charge on any atom is 0.407 e. The van der Waals surface area contributed by atoms with E-state index in [2.05, 4.69) is 29.8 Å². The maximum atomic E-state index is 12.5. The highest BCUT2D eigenvalue weighted by atomic mass is 16.6. The largest absolute Gasteiger partial charge is 0.481 e. The molecule has 190 valence electrons. The van der Waals surface area contributed by atoms with Crippen LogP contribution in [-0.4, -0.2) is 36.2 Å². The van der Waals surface area contributed by atoms with Gasteiger partial charge in [-0.3, -0.25) is 9.59 Å². The molecule has 2 aromatic carbocycles. The molecule has 8 nitrogen and oxygen atoms in total. The number of para-hydroxylation sites is 1. The van der Waals surface area contributed by atoms with E-state index in [1.165, 1.54) is 0 Å². The molecule has 0 fully saturated rings. The second-order valence-corrected chi connectivity index (χ2v) is 9.59. The number of rotatable bonds is 10. The molecule has 0 aromatic heterocycles. The van der Waals surface area contributed by atoms with Gasteiger partial charge in [-0.25, -0.2) is 4.79 Å². The van der Waals surface area contributed by atoms with Gasteiger partial charge >= 0.3 is 6.09 Å². The van der Waals surface area contributed by atoms with Gasteiger partial charge < -0.3 is 25.4 Å². The van der Waals surface area contributed by atoms with Crippen molar-refractivity contribution in [3.63, 3.8) is 0 Å². The monoisotopic (exact) mass is 483 g/mol. The van der Waals surface area contributed by atoms with Gasteiger partial charge in [0.25, 0.3) is 5.91 Å². The Morgan fingerprint density at radius 2 is 1.57 bits per heavy atom. The summed E-state index contributed by atoms with van der Waals surface area (Å²) in [5.74, 6) is 0.571. The summed E-state index contributed by atoms with van der Waals surface area (Å²) in [7, 11) is 0. The standard InChI is InChI=1S/C27H37N3O5/c1-18(2)22-9-7-8-10-23(22)34-19(3)25(32)29-17-20-11-13-21(14-12-20)30-24(31)15-16-28-26(33)35-27(4,5)6/h7-14,18-19H,15-17H2,1-6H3,(H,28,33)(H,29,32)(H,30,31). The van der Waals surface area contributed by atoms with Gasteiger partial charge in [-0.15, -0.1) is 0 Å². The summed E-state index contributed by atoms with van der Waals surface area (Å²) in [5, 5.41) is 8.21. The summed E-state index contributed by atoms with van der Waals surface area (Å²) in [4.78, 5) is 36.2. The van der Waals surface area contributed by atoms with Crippen LogP contribution in [0.4, 0.5) is 10.5 Å². The normalized spacial score (nSPS) is 12.0. The summed E-state index contributed by atoms with van der Waals surface area (Å²) < 4.78 is 11.0. The number of ether oxygens (including phenoxy) is 2. The van der Waals surface area contributed by atoms with E-state index in [1.54, 1.807) is 39.8 Å². The van der Waals surface area contributed by atoms with Gasteiger partial charge in [0.1, 0.15) is 11.4 Å². The molecule has 0 aliphatic carbocycles. The van der Waals surface area contributed by atoms with Crippen molar-refractivity contribution in [2.24, 2.45) is 0 Å². The van der Waals surface area contributed by atoms with Gasteiger partial charge in [0.05, 0.1) is 0 Å². The number of nitrogens with one attached hydrogen (secondary N) is 3. The van der Waals surface area contributed by atoms with Crippen LogP contribution >= 0.6 is 0 Å². The fourth-order valence-corrected chi connectivity index (χ4v) is 3.16. The van der Waals surface area contributed by atoms with Crippen molar-refractivity contribution < 1.29 is 23.9 Å². The van der Waals surface area contributed by atoms with Crippen LogP contribution in [0, 0.1) is 0 Å². The number of hydrogen-bond donors (Lipinski definition) is 3. The van der Waals surface area contributed by atoms with Gasteiger partial charge in [-0.2, -0.15) is 0 Å². The molecule has 1 atom stereocenters. The minimum atomic E-state index is -0.636. The summed E-state index contributed by atoms with van der Waals surface area (Å²) >= 11 is 0. The van der Waals surface area contributed by atoms with Crippen LogP contribution in [0.1, 0.15) is 65.0 Å². The van der Waals surface area contributed by atoms with Crippen LogP contribution in [0.25, 0.3) is 0 Å². The fourth-order valence-electron chi connectivity index (χ4n) is 3.16. The zero-order chi connectivity index (χ0) is 26.0. The van der Waals surface area contributed by atoms with E-state index in [0.717, 1.165) is 11.1 Å². The number of alkyl carbamates (subject to hydrolysis) is 1. The molecule has 0 bridgehead atoms. The smallest absolute Gasteiger partial charge is 0.407 e. The third-order valence-corrected chi connectivity index (χ3v) is 4.94. The fraction of sp³-hybridized carbons (Fsp3) is 0.444. The van der Waals surface area contributed by atoms with Crippen molar-refractivity contribution in [1.82, 2.24) is 10.6 Å². The topological polar surface area (TPSA) is 106 Å². The predicted molar refractivity (Wildman–Crippen MR) is 136 cm³/mol. The summed E-state index contributed by atoms with van der Waals surface area (Å²) in [5.41, 5.74) is 1.99. The Morgan fingerprint density at radius 3 is 2.20 bits per heavy atom. The second kappa shape index (κ2) is 12.8. The van der Waals surface area contributed by atoms with Crippen molar-refractivity contribution in [3.8, 4) is 5.75 Å². The number of anilines is 1. The van der Waals surface area contributed by atoms with Gasteiger partial charge in [-0.05, 0) is 62.9 Å². The molecule has 0 heterocycles. The van der Waals surface area contributed by atoms with E-state index in [1.807, 2.05) is 36.4 Å². The lowest BCUT2D eigenvalue weighted by atomic mass is 10.0. The van der Waals surface area contributed by atoms with E-state index in [4.69, 9.17) is 9.47 Å². The van der Waals surface area contributed by atoms with Gasteiger partial charge in [0, 0.05) is 25.2 Å². The molecule has 0 saturated heterocycles. The summed E-state index contributed by atoms with van der Waals surface area (Å²) in [6, 6.07) is 14.9. The number of amides is 3. The summed E-state index contributed by atoms with van der Waals surface area (Å²) in [6.07, 6.45) is -1.07. The second-order valence-electron chi connectivity index (χ2n) is 9.59. The van der Waals surface area contributed by atoms with Gasteiger partial charge in [0.15, 0.2) is 6.10 Å². The molecule has 3 N–H and O–H groups in total.